The number of rotatable bonds is 2. The zero-order valence-electron chi connectivity index (χ0n) is 10.8. The molecule has 0 atom stereocenters. The predicted octanol–water partition coefficient (Wildman–Crippen LogP) is 3.42. The van der Waals surface area contributed by atoms with Gasteiger partial charge in [0.2, 0.25) is 5.82 Å². The van der Waals surface area contributed by atoms with Crippen LogP contribution in [0, 0.1) is 13.8 Å². The summed E-state index contributed by atoms with van der Waals surface area (Å²) in [4.78, 5) is 8.49. The van der Waals surface area contributed by atoms with Crippen LogP contribution in [0.4, 0.5) is 0 Å². The quantitative estimate of drug-likeness (QED) is 0.700. The van der Waals surface area contributed by atoms with Crippen molar-refractivity contribution in [3.63, 3.8) is 0 Å². The molecule has 4 nitrogen and oxygen atoms in total. The molecule has 3 aromatic rings. The van der Waals surface area contributed by atoms with Crippen molar-refractivity contribution >= 4 is 0 Å². The maximum atomic E-state index is 5.35. The van der Waals surface area contributed by atoms with E-state index in [0.29, 0.717) is 11.7 Å². The van der Waals surface area contributed by atoms with Gasteiger partial charge in [0.25, 0.3) is 5.89 Å². The number of benzene rings is 1. The lowest BCUT2D eigenvalue weighted by Crippen LogP contribution is -1.85. The molecule has 0 N–H and O–H groups in total. The Morgan fingerprint density at radius 2 is 2.00 bits per heavy atom. The molecule has 0 amide bonds. The Labute approximate surface area is 111 Å². The molecule has 1 aromatic carbocycles. The van der Waals surface area contributed by atoms with E-state index in [2.05, 4.69) is 33.3 Å². The van der Waals surface area contributed by atoms with Crippen molar-refractivity contribution in [1.82, 2.24) is 15.1 Å². The summed E-state index contributed by atoms with van der Waals surface area (Å²) in [7, 11) is 0. The van der Waals surface area contributed by atoms with Gasteiger partial charge in [-0.1, -0.05) is 22.9 Å². The lowest BCUT2D eigenvalue weighted by Gasteiger charge is -2.01. The highest BCUT2D eigenvalue weighted by molar-refractivity contribution is 5.62. The molecule has 0 aliphatic rings. The summed E-state index contributed by atoms with van der Waals surface area (Å²) in [5.74, 6) is 1.10. The molecule has 0 fully saturated rings. The summed E-state index contributed by atoms with van der Waals surface area (Å²) >= 11 is 0. The second-order valence-corrected chi connectivity index (χ2v) is 4.48. The van der Waals surface area contributed by atoms with Crippen LogP contribution in [0.2, 0.25) is 0 Å². The zero-order chi connectivity index (χ0) is 13.2. The highest BCUT2D eigenvalue weighted by atomic mass is 16.5. The van der Waals surface area contributed by atoms with Crippen molar-refractivity contribution in [2.45, 2.75) is 13.8 Å². The van der Waals surface area contributed by atoms with Crippen molar-refractivity contribution in [3.8, 4) is 22.8 Å². The van der Waals surface area contributed by atoms with Crippen molar-refractivity contribution in [3.05, 3.63) is 53.9 Å². The Kier molecular flexibility index (Phi) is 2.83. The molecule has 0 unspecified atom stereocenters. The average molecular weight is 251 g/mol. The van der Waals surface area contributed by atoms with Crippen LogP contribution in [0.3, 0.4) is 0 Å². The van der Waals surface area contributed by atoms with Gasteiger partial charge in [-0.15, -0.1) is 0 Å². The summed E-state index contributed by atoms with van der Waals surface area (Å²) < 4.78 is 5.35. The fraction of sp³-hybridized carbons (Fsp3) is 0.133. The van der Waals surface area contributed by atoms with E-state index >= 15 is 0 Å². The minimum atomic E-state index is 0.542. The van der Waals surface area contributed by atoms with Crippen LogP contribution in [0.1, 0.15) is 11.1 Å². The summed E-state index contributed by atoms with van der Waals surface area (Å²) in [5.41, 5.74) is 4.11. The Hall–Kier alpha value is -2.49. The van der Waals surface area contributed by atoms with Crippen LogP contribution in [0.15, 0.2) is 47.2 Å². The SMILES string of the molecule is Cc1ccc(C)c(-c2nc(-c3cccnc3)no2)c1. The largest absolute Gasteiger partial charge is 0.334 e. The first kappa shape index (κ1) is 11.6. The standard InChI is InChI=1S/C15H13N3O/c1-10-5-6-11(2)13(8-10)15-17-14(18-19-15)12-4-3-7-16-9-12/h3-9H,1-2H3. The van der Waals surface area contributed by atoms with Gasteiger partial charge in [0.05, 0.1) is 0 Å². The molecule has 2 heterocycles. The average Bonchev–Trinajstić information content (AvgIpc) is 2.92. The minimum Gasteiger partial charge on any atom is -0.334 e. The van der Waals surface area contributed by atoms with Crippen molar-refractivity contribution in [1.29, 1.82) is 0 Å². The number of nitrogens with zero attached hydrogens (tertiary/aromatic N) is 3. The highest BCUT2D eigenvalue weighted by Gasteiger charge is 2.12. The van der Waals surface area contributed by atoms with Crippen molar-refractivity contribution in [2.75, 3.05) is 0 Å². The van der Waals surface area contributed by atoms with E-state index < -0.39 is 0 Å². The van der Waals surface area contributed by atoms with Crippen LogP contribution >= 0.6 is 0 Å². The molecule has 0 aliphatic heterocycles. The van der Waals surface area contributed by atoms with E-state index in [1.807, 2.05) is 26.0 Å². The molecule has 0 radical (unpaired) electrons. The van der Waals surface area contributed by atoms with Crippen molar-refractivity contribution in [2.24, 2.45) is 0 Å². The summed E-state index contributed by atoms with van der Waals surface area (Å²) in [6.45, 7) is 4.07. The van der Waals surface area contributed by atoms with E-state index in [4.69, 9.17) is 4.52 Å². The molecular formula is C15H13N3O. The molecule has 2 aromatic heterocycles. The normalized spacial score (nSPS) is 10.6. The number of hydrogen-bond acceptors (Lipinski definition) is 4. The molecule has 4 heteroatoms. The van der Waals surface area contributed by atoms with Gasteiger partial charge in [-0.3, -0.25) is 4.98 Å². The van der Waals surface area contributed by atoms with Crippen LogP contribution in [-0.2, 0) is 0 Å². The molecule has 0 bridgehead atoms. The molecule has 0 aliphatic carbocycles. The molecule has 0 saturated heterocycles. The van der Waals surface area contributed by atoms with Gasteiger partial charge in [-0.2, -0.15) is 4.98 Å². The third-order valence-corrected chi connectivity index (χ3v) is 2.97. The van der Waals surface area contributed by atoms with Gasteiger partial charge in [-0.05, 0) is 37.6 Å². The summed E-state index contributed by atoms with van der Waals surface area (Å²) in [6.07, 6.45) is 3.44. The second-order valence-electron chi connectivity index (χ2n) is 4.48. The number of hydrogen-bond donors (Lipinski definition) is 0. The zero-order valence-corrected chi connectivity index (χ0v) is 10.8. The van der Waals surface area contributed by atoms with Gasteiger partial charge in [-0.25, -0.2) is 0 Å². The van der Waals surface area contributed by atoms with Gasteiger partial charge in [0.1, 0.15) is 0 Å². The van der Waals surface area contributed by atoms with Crippen LogP contribution in [-0.4, -0.2) is 15.1 Å². The summed E-state index contributed by atoms with van der Waals surface area (Å²) in [6, 6.07) is 9.93. The first-order valence-electron chi connectivity index (χ1n) is 6.06. The third kappa shape index (κ3) is 2.25. The maximum Gasteiger partial charge on any atom is 0.258 e. The first-order valence-corrected chi connectivity index (χ1v) is 6.06. The topological polar surface area (TPSA) is 51.8 Å². The maximum absolute atomic E-state index is 5.35. The van der Waals surface area contributed by atoms with E-state index in [0.717, 1.165) is 16.7 Å². The predicted molar refractivity (Wildman–Crippen MR) is 72.4 cm³/mol. The highest BCUT2D eigenvalue weighted by Crippen LogP contribution is 2.25. The van der Waals surface area contributed by atoms with E-state index in [9.17, 15) is 0 Å². The van der Waals surface area contributed by atoms with Gasteiger partial charge in [0, 0.05) is 23.5 Å². The second kappa shape index (κ2) is 4.65. The minimum absolute atomic E-state index is 0.542. The number of aryl methyl sites for hydroxylation is 2. The van der Waals surface area contributed by atoms with E-state index in [1.165, 1.54) is 5.56 Å². The van der Waals surface area contributed by atoms with Crippen molar-refractivity contribution < 1.29 is 4.52 Å². The smallest absolute Gasteiger partial charge is 0.258 e. The Balaban J connectivity index is 2.04. The first-order chi connectivity index (χ1) is 9.24. The molecule has 0 spiro atoms. The fourth-order valence-corrected chi connectivity index (χ4v) is 1.91. The molecule has 19 heavy (non-hydrogen) atoms. The van der Waals surface area contributed by atoms with Gasteiger partial charge >= 0.3 is 0 Å². The number of aromatic nitrogens is 3. The van der Waals surface area contributed by atoms with Gasteiger partial charge in [0.15, 0.2) is 0 Å². The summed E-state index contributed by atoms with van der Waals surface area (Å²) in [5, 5.41) is 4.01. The van der Waals surface area contributed by atoms with Crippen LogP contribution in [0.5, 0.6) is 0 Å². The lowest BCUT2D eigenvalue weighted by atomic mass is 10.1. The van der Waals surface area contributed by atoms with E-state index in [1.54, 1.807) is 12.4 Å². The third-order valence-electron chi connectivity index (χ3n) is 2.97. The molecule has 94 valence electrons. The molecule has 3 rings (SSSR count). The van der Waals surface area contributed by atoms with Crippen LogP contribution in [0.25, 0.3) is 22.8 Å². The monoisotopic (exact) mass is 251 g/mol. The number of pyridine rings is 1. The van der Waals surface area contributed by atoms with E-state index in [-0.39, 0.29) is 0 Å². The lowest BCUT2D eigenvalue weighted by molar-refractivity contribution is 0.432. The molecule has 0 saturated carbocycles. The Bertz CT molecular complexity index is 704. The fourth-order valence-electron chi connectivity index (χ4n) is 1.91. The Morgan fingerprint density at radius 3 is 2.79 bits per heavy atom. The van der Waals surface area contributed by atoms with Gasteiger partial charge < -0.3 is 4.52 Å². The van der Waals surface area contributed by atoms with Crippen LogP contribution < -0.4 is 0 Å². The molecular weight excluding hydrogens is 238 g/mol. The Morgan fingerprint density at radius 1 is 1.11 bits per heavy atom.